The maximum absolute atomic E-state index is 12.5. The van der Waals surface area contributed by atoms with E-state index < -0.39 is 11.7 Å². The lowest BCUT2D eigenvalue weighted by Gasteiger charge is -2.12. The molecule has 0 fully saturated rings. The molecule has 0 unspecified atom stereocenters. The highest BCUT2D eigenvalue weighted by atomic mass is 79.9. The zero-order chi connectivity index (χ0) is 12.9. The SMILES string of the molecule is NCc1ccc(C(F)(F)F)cc1SCCCBr. The Morgan fingerprint density at radius 2 is 2.00 bits per heavy atom. The minimum Gasteiger partial charge on any atom is -0.326 e. The van der Waals surface area contributed by atoms with Gasteiger partial charge >= 0.3 is 6.18 Å². The third-order valence-corrected chi connectivity index (χ3v) is 3.89. The highest BCUT2D eigenvalue weighted by molar-refractivity contribution is 9.09. The van der Waals surface area contributed by atoms with Crippen LogP contribution < -0.4 is 5.73 Å². The molecule has 17 heavy (non-hydrogen) atoms. The predicted molar refractivity (Wildman–Crippen MR) is 68.5 cm³/mol. The van der Waals surface area contributed by atoms with Gasteiger partial charge in [-0.1, -0.05) is 22.0 Å². The molecule has 1 nitrogen and oxygen atoms in total. The van der Waals surface area contributed by atoms with Gasteiger partial charge in [0.2, 0.25) is 0 Å². The molecule has 0 heterocycles. The number of thioether (sulfide) groups is 1. The van der Waals surface area contributed by atoms with Crippen LogP contribution in [0.5, 0.6) is 0 Å². The lowest BCUT2D eigenvalue weighted by molar-refractivity contribution is -0.137. The Morgan fingerprint density at radius 3 is 2.53 bits per heavy atom. The van der Waals surface area contributed by atoms with Gasteiger partial charge in [-0.25, -0.2) is 0 Å². The predicted octanol–water partition coefficient (Wildman–Crippen LogP) is 4.04. The summed E-state index contributed by atoms with van der Waals surface area (Å²) in [5.74, 6) is 0.777. The molecule has 0 atom stereocenters. The van der Waals surface area contributed by atoms with Gasteiger partial charge in [-0.15, -0.1) is 11.8 Å². The van der Waals surface area contributed by atoms with E-state index in [1.54, 1.807) is 0 Å². The monoisotopic (exact) mass is 327 g/mol. The first-order valence-electron chi connectivity index (χ1n) is 5.08. The first kappa shape index (κ1) is 14.9. The van der Waals surface area contributed by atoms with Crippen LogP contribution in [-0.2, 0) is 12.7 Å². The highest BCUT2D eigenvalue weighted by Gasteiger charge is 2.30. The molecule has 0 saturated heterocycles. The molecule has 0 radical (unpaired) electrons. The van der Waals surface area contributed by atoms with Crippen LogP contribution in [0.3, 0.4) is 0 Å². The maximum Gasteiger partial charge on any atom is 0.416 e. The average molecular weight is 328 g/mol. The molecule has 1 rings (SSSR count). The van der Waals surface area contributed by atoms with Crippen molar-refractivity contribution < 1.29 is 13.2 Å². The van der Waals surface area contributed by atoms with Crippen LogP contribution in [0, 0.1) is 0 Å². The average Bonchev–Trinajstić information content (AvgIpc) is 2.28. The van der Waals surface area contributed by atoms with E-state index in [0.717, 1.165) is 29.1 Å². The number of hydrogen-bond acceptors (Lipinski definition) is 2. The Bertz CT molecular complexity index is 368. The number of alkyl halides is 4. The van der Waals surface area contributed by atoms with E-state index >= 15 is 0 Å². The summed E-state index contributed by atoms with van der Waals surface area (Å²) in [5, 5.41) is 0.844. The second kappa shape index (κ2) is 6.66. The molecule has 0 saturated carbocycles. The topological polar surface area (TPSA) is 26.0 Å². The van der Waals surface area contributed by atoms with Gasteiger partial charge in [0.1, 0.15) is 0 Å². The van der Waals surface area contributed by atoms with E-state index in [9.17, 15) is 13.2 Å². The van der Waals surface area contributed by atoms with Crippen LogP contribution in [0.1, 0.15) is 17.5 Å². The number of hydrogen-bond donors (Lipinski definition) is 1. The lowest BCUT2D eigenvalue weighted by atomic mass is 10.1. The van der Waals surface area contributed by atoms with Crippen LogP contribution >= 0.6 is 27.7 Å². The summed E-state index contributed by atoms with van der Waals surface area (Å²) in [6.07, 6.45) is -3.39. The third-order valence-electron chi connectivity index (χ3n) is 2.15. The van der Waals surface area contributed by atoms with Crippen molar-refractivity contribution in [2.45, 2.75) is 24.0 Å². The van der Waals surface area contributed by atoms with E-state index in [4.69, 9.17) is 5.73 Å². The summed E-state index contributed by atoms with van der Waals surface area (Å²) in [4.78, 5) is 0.628. The summed E-state index contributed by atoms with van der Waals surface area (Å²) >= 11 is 4.70. The smallest absolute Gasteiger partial charge is 0.326 e. The molecule has 96 valence electrons. The van der Waals surface area contributed by atoms with Crippen molar-refractivity contribution in [3.8, 4) is 0 Å². The highest BCUT2D eigenvalue weighted by Crippen LogP contribution is 2.33. The fourth-order valence-electron chi connectivity index (χ4n) is 1.27. The van der Waals surface area contributed by atoms with Crippen molar-refractivity contribution in [1.29, 1.82) is 0 Å². The fraction of sp³-hybridized carbons (Fsp3) is 0.455. The Labute approximate surface area is 111 Å². The zero-order valence-electron chi connectivity index (χ0n) is 9.06. The van der Waals surface area contributed by atoms with Crippen LogP contribution in [0.4, 0.5) is 13.2 Å². The molecule has 0 amide bonds. The van der Waals surface area contributed by atoms with E-state index in [-0.39, 0.29) is 6.54 Å². The van der Waals surface area contributed by atoms with Crippen LogP contribution in [-0.4, -0.2) is 11.1 Å². The number of rotatable bonds is 5. The summed E-state index contributed by atoms with van der Waals surface area (Å²) in [6.45, 7) is 0.259. The molecule has 0 spiro atoms. The van der Waals surface area contributed by atoms with E-state index in [0.29, 0.717) is 4.90 Å². The Kier molecular flexibility index (Phi) is 5.82. The van der Waals surface area contributed by atoms with Crippen molar-refractivity contribution in [3.05, 3.63) is 29.3 Å². The molecule has 0 aliphatic carbocycles. The summed E-state index contributed by atoms with van der Waals surface area (Å²) in [7, 11) is 0. The molecule has 1 aromatic carbocycles. The fourth-order valence-corrected chi connectivity index (χ4v) is 2.98. The molecule has 0 aliphatic rings. The lowest BCUT2D eigenvalue weighted by Crippen LogP contribution is -2.07. The number of nitrogens with two attached hydrogens (primary N) is 1. The second-order valence-electron chi connectivity index (χ2n) is 3.42. The third kappa shape index (κ3) is 4.52. The molecular weight excluding hydrogens is 315 g/mol. The largest absolute Gasteiger partial charge is 0.416 e. The minimum atomic E-state index is -4.29. The van der Waals surface area contributed by atoms with Gasteiger partial charge in [-0.2, -0.15) is 13.2 Å². The summed E-state index contributed by atoms with van der Waals surface area (Å²) in [6, 6.07) is 3.72. The number of benzene rings is 1. The zero-order valence-corrected chi connectivity index (χ0v) is 11.5. The van der Waals surface area contributed by atoms with E-state index in [2.05, 4.69) is 15.9 Å². The van der Waals surface area contributed by atoms with Gasteiger partial charge in [0.05, 0.1) is 5.56 Å². The molecule has 2 N–H and O–H groups in total. The van der Waals surface area contributed by atoms with Gasteiger partial charge in [-0.05, 0) is 29.9 Å². The molecular formula is C11H13BrF3NS. The summed E-state index contributed by atoms with van der Waals surface area (Å²) in [5.41, 5.74) is 5.66. The van der Waals surface area contributed by atoms with Crippen LogP contribution in [0.15, 0.2) is 23.1 Å². The quantitative estimate of drug-likeness (QED) is 0.501. The standard InChI is InChI=1S/C11H13BrF3NS/c12-4-1-5-17-10-6-9(11(13,14)15)3-2-8(10)7-16/h2-3,6H,1,4-5,7,16H2. The molecule has 0 aromatic heterocycles. The van der Waals surface area contributed by atoms with E-state index in [1.807, 2.05) is 0 Å². The first-order chi connectivity index (χ1) is 7.99. The van der Waals surface area contributed by atoms with Gasteiger partial charge < -0.3 is 5.73 Å². The first-order valence-corrected chi connectivity index (χ1v) is 7.18. The molecule has 0 aliphatic heterocycles. The molecule has 1 aromatic rings. The Hall–Kier alpha value is -0.200. The normalized spacial score (nSPS) is 11.8. The van der Waals surface area contributed by atoms with Crippen molar-refractivity contribution in [2.24, 2.45) is 5.73 Å². The van der Waals surface area contributed by atoms with Crippen molar-refractivity contribution in [2.75, 3.05) is 11.1 Å². The summed E-state index contributed by atoms with van der Waals surface area (Å²) < 4.78 is 37.6. The van der Waals surface area contributed by atoms with Gasteiger partial charge in [0.15, 0.2) is 0 Å². The van der Waals surface area contributed by atoms with Gasteiger partial charge in [0.25, 0.3) is 0 Å². The van der Waals surface area contributed by atoms with Crippen LogP contribution in [0.2, 0.25) is 0 Å². The second-order valence-corrected chi connectivity index (χ2v) is 5.35. The molecule has 6 heteroatoms. The van der Waals surface area contributed by atoms with Gasteiger partial charge in [-0.3, -0.25) is 0 Å². The molecule has 0 bridgehead atoms. The van der Waals surface area contributed by atoms with Crippen molar-refractivity contribution in [3.63, 3.8) is 0 Å². The maximum atomic E-state index is 12.5. The van der Waals surface area contributed by atoms with Crippen LogP contribution in [0.25, 0.3) is 0 Å². The van der Waals surface area contributed by atoms with Crippen molar-refractivity contribution >= 4 is 27.7 Å². The number of halogens is 4. The van der Waals surface area contributed by atoms with Gasteiger partial charge in [0, 0.05) is 16.8 Å². The Morgan fingerprint density at radius 1 is 1.29 bits per heavy atom. The Balaban J connectivity index is 2.90. The van der Waals surface area contributed by atoms with E-state index in [1.165, 1.54) is 23.9 Å². The minimum absolute atomic E-state index is 0.259. The van der Waals surface area contributed by atoms with Crippen molar-refractivity contribution in [1.82, 2.24) is 0 Å².